The molecule has 1 aliphatic rings. The fourth-order valence-corrected chi connectivity index (χ4v) is 4.08. The normalized spacial score (nSPS) is 19.2. The molecule has 1 aromatic rings. The van der Waals surface area contributed by atoms with Crippen LogP contribution >= 0.6 is 0 Å². The van der Waals surface area contributed by atoms with Gasteiger partial charge in [-0.15, -0.1) is 0 Å². The Kier molecular flexibility index (Phi) is 4.51. The molecule has 22 heavy (non-hydrogen) atoms. The number of alkyl halides is 3. The Morgan fingerprint density at radius 1 is 1.32 bits per heavy atom. The van der Waals surface area contributed by atoms with Crippen LogP contribution < -0.4 is 0 Å². The van der Waals surface area contributed by atoms with Crippen LogP contribution in [0.1, 0.15) is 36.8 Å². The Morgan fingerprint density at radius 3 is 2.50 bits per heavy atom. The molecule has 1 aromatic carbocycles. The molecule has 2 rings (SSSR count). The number of amides is 1. The summed E-state index contributed by atoms with van der Waals surface area (Å²) in [6.07, 6.45) is -4.42. The number of sulfonamides is 1. The molecule has 122 valence electrons. The highest BCUT2D eigenvalue weighted by Crippen LogP contribution is 2.36. The summed E-state index contributed by atoms with van der Waals surface area (Å²) in [6, 6.07) is 5.03. The second-order valence-corrected chi connectivity index (χ2v) is 7.34. The van der Waals surface area contributed by atoms with E-state index in [1.807, 2.05) is 0 Å². The van der Waals surface area contributed by atoms with Gasteiger partial charge in [0, 0.05) is 13.0 Å². The molecule has 1 amide bonds. The first-order chi connectivity index (χ1) is 10.1. The van der Waals surface area contributed by atoms with E-state index in [0.717, 1.165) is 10.4 Å². The summed E-state index contributed by atoms with van der Waals surface area (Å²) in [5.74, 6) is -1.46. The summed E-state index contributed by atoms with van der Waals surface area (Å²) in [5, 5.41) is 0. The third-order valence-electron chi connectivity index (χ3n) is 3.66. The van der Waals surface area contributed by atoms with E-state index < -0.39 is 33.6 Å². The van der Waals surface area contributed by atoms with E-state index in [4.69, 9.17) is 0 Å². The van der Waals surface area contributed by atoms with Crippen LogP contribution in [0.4, 0.5) is 13.2 Å². The lowest BCUT2D eigenvalue weighted by atomic mass is 9.92. The molecule has 0 aromatic heterocycles. The molecule has 1 aliphatic heterocycles. The zero-order valence-electron chi connectivity index (χ0n) is 11.9. The summed E-state index contributed by atoms with van der Waals surface area (Å²) >= 11 is 0. The topological polar surface area (TPSA) is 54.5 Å². The van der Waals surface area contributed by atoms with Crippen LogP contribution in [0.3, 0.4) is 0 Å². The van der Waals surface area contributed by atoms with Crippen molar-refractivity contribution >= 4 is 15.9 Å². The van der Waals surface area contributed by atoms with Gasteiger partial charge in [-0.3, -0.25) is 4.79 Å². The third kappa shape index (κ3) is 3.43. The first-order valence-corrected chi connectivity index (χ1v) is 8.43. The zero-order valence-corrected chi connectivity index (χ0v) is 12.7. The molecule has 0 N–H and O–H groups in total. The summed E-state index contributed by atoms with van der Waals surface area (Å²) < 4.78 is 63.1. The summed E-state index contributed by atoms with van der Waals surface area (Å²) in [4.78, 5) is 12.1. The van der Waals surface area contributed by atoms with Gasteiger partial charge in [0.1, 0.15) is 0 Å². The van der Waals surface area contributed by atoms with Crippen LogP contribution in [0.2, 0.25) is 0 Å². The molecular weight excluding hydrogens is 319 g/mol. The van der Waals surface area contributed by atoms with Crippen LogP contribution in [0.25, 0.3) is 0 Å². The number of nitrogens with zero attached hydrogens (tertiary/aromatic N) is 1. The maximum Gasteiger partial charge on any atom is 0.416 e. The van der Waals surface area contributed by atoms with Crippen molar-refractivity contribution in [2.75, 3.05) is 12.3 Å². The van der Waals surface area contributed by atoms with Gasteiger partial charge >= 0.3 is 6.18 Å². The van der Waals surface area contributed by atoms with Gasteiger partial charge in [-0.1, -0.05) is 25.1 Å². The number of halogens is 3. The highest BCUT2D eigenvalue weighted by molar-refractivity contribution is 7.89. The van der Waals surface area contributed by atoms with Gasteiger partial charge in [0.05, 0.1) is 11.3 Å². The fraction of sp³-hybridized carbons (Fsp3) is 0.500. The molecule has 0 aliphatic carbocycles. The molecule has 1 atom stereocenters. The average Bonchev–Trinajstić information content (AvgIpc) is 2.77. The van der Waals surface area contributed by atoms with E-state index in [2.05, 4.69) is 0 Å². The van der Waals surface area contributed by atoms with Crippen molar-refractivity contribution in [3.8, 4) is 0 Å². The number of carbonyl (C=O) groups is 1. The predicted octanol–water partition coefficient (Wildman–Crippen LogP) is 2.76. The second kappa shape index (κ2) is 5.91. The second-order valence-electron chi connectivity index (χ2n) is 5.33. The van der Waals surface area contributed by atoms with Crippen molar-refractivity contribution < 1.29 is 26.4 Å². The Hall–Kier alpha value is -1.57. The lowest BCUT2D eigenvalue weighted by Crippen LogP contribution is -2.33. The number of hydrogen-bond acceptors (Lipinski definition) is 3. The van der Waals surface area contributed by atoms with Crippen molar-refractivity contribution in [3.63, 3.8) is 0 Å². The predicted molar refractivity (Wildman–Crippen MR) is 74.6 cm³/mol. The van der Waals surface area contributed by atoms with Gasteiger partial charge in [0.2, 0.25) is 15.9 Å². The summed E-state index contributed by atoms with van der Waals surface area (Å²) in [5.41, 5.74) is -0.792. The van der Waals surface area contributed by atoms with E-state index in [1.165, 1.54) is 25.1 Å². The summed E-state index contributed by atoms with van der Waals surface area (Å²) in [6.45, 7) is 1.60. The largest absolute Gasteiger partial charge is 0.416 e. The molecule has 1 saturated heterocycles. The van der Waals surface area contributed by atoms with E-state index in [0.29, 0.717) is 6.42 Å². The fourth-order valence-electron chi connectivity index (χ4n) is 2.58. The van der Waals surface area contributed by atoms with Gasteiger partial charge in [-0.2, -0.15) is 13.2 Å². The molecule has 0 spiro atoms. The Labute approximate surface area is 127 Å². The van der Waals surface area contributed by atoms with Crippen LogP contribution in [-0.4, -0.2) is 30.9 Å². The maximum atomic E-state index is 13.0. The molecule has 4 nitrogen and oxygen atoms in total. The molecule has 0 unspecified atom stereocenters. The van der Waals surface area contributed by atoms with Crippen LogP contribution in [0, 0.1) is 0 Å². The van der Waals surface area contributed by atoms with Gasteiger partial charge in [-0.25, -0.2) is 12.7 Å². The van der Waals surface area contributed by atoms with E-state index in [9.17, 15) is 26.4 Å². The Balaban J connectivity index is 2.20. The van der Waals surface area contributed by atoms with E-state index in [1.54, 1.807) is 0 Å². The van der Waals surface area contributed by atoms with Crippen LogP contribution in [0.15, 0.2) is 24.3 Å². The van der Waals surface area contributed by atoms with Gasteiger partial charge in [0.15, 0.2) is 0 Å². The van der Waals surface area contributed by atoms with Crippen LogP contribution in [0.5, 0.6) is 0 Å². The van der Waals surface area contributed by atoms with Gasteiger partial charge in [-0.05, 0) is 24.0 Å². The number of hydrogen-bond donors (Lipinski definition) is 0. The van der Waals surface area contributed by atoms with Gasteiger partial charge < -0.3 is 0 Å². The molecule has 1 heterocycles. The minimum absolute atomic E-state index is 0.0000510. The van der Waals surface area contributed by atoms with E-state index >= 15 is 0 Å². The number of benzene rings is 1. The maximum absolute atomic E-state index is 13.0. The minimum Gasteiger partial charge on any atom is -0.274 e. The smallest absolute Gasteiger partial charge is 0.274 e. The van der Waals surface area contributed by atoms with Crippen molar-refractivity contribution in [1.82, 2.24) is 4.31 Å². The quantitative estimate of drug-likeness (QED) is 0.853. The highest BCUT2D eigenvalue weighted by Gasteiger charge is 2.36. The first-order valence-electron chi connectivity index (χ1n) is 6.82. The summed E-state index contributed by atoms with van der Waals surface area (Å²) in [7, 11) is -3.59. The van der Waals surface area contributed by atoms with Crippen molar-refractivity contribution in [2.24, 2.45) is 0 Å². The molecule has 8 heteroatoms. The third-order valence-corrected chi connectivity index (χ3v) is 5.52. The van der Waals surface area contributed by atoms with E-state index in [-0.39, 0.29) is 24.3 Å². The van der Waals surface area contributed by atoms with Crippen LogP contribution in [-0.2, 0) is 21.0 Å². The first kappa shape index (κ1) is 16.8. The Morgan fingerprint density at radius 2 is 1.95 bits per heavy atom. The van der Waals surface area contributed by atoms with Crippen molar-refractivity contribution in [3.05, 3.63) is 35.4 Å². The number of rotatable bonds is 3. The van der Waals surface area contributed by atoms with Gasteiger partial charge in [0.25, 0.3) is 0 Å². The van der Waals surface area contributed by atoms with Crippen molar-refractivity contribution in [2.45, 2.75) is 31.9 Å². The molecule has 1 fully saturated rings. The molecule has 0 radical (unpaired) electrons. The average molecular weight is 335 g/mol. The molecule has 0 saturated carbocycles. The highest BCUT2D eigenvalue weighted by atomic mass is 32.2. The molecular formula is C14H16F3NO3S. The molecule has 0 bridgehead atoms. The lowest BCUT2D eigenvalue weighted by Gasteiger charge is -2.20. The monoisotopic (exact) mass is 335 g/mol. The van der Waals surface area contributed by atoms with Crippen molar-refractivity contribution in [1.29, 1.82) is 0 Å². The Bertz CT molecular complexity index is 670. The zero-order chi connectivity index (χ0) is 16.5. The standard InChI is InChI=1S/C14H16F3NO3S/c1-10(9-13(19)18-7-4-8-22(18,20)21)11-5-2-3-6-12(11)14(15,16)17/h2-3,5-6,10H,4,7-9H2,1H3/t10-/m1/s1. The minimum atomic E-state index is -4.51. The lowest BCUT2D eigenvalue weighted by molar-refractivity contribution is -0.138. The SMILES string of the molecule is C[C@H](CC(=O)N1CCCS1(=O)=O)c1ccccc1C(F)(F)F. The number of carbonyl (C=O) groups excluding carboxylic acids is 1.